The zero-order valence-electron chi connectivity index (χ0n) is 14.7. The zero-order chi connectivity index (χ0) is 17.1. The molecule has 1 N–H and O–H groups in total. The van der Waals surface area contributed by atoms with Gasteiger partial charge in [0.1, 0.15) is 5.69 Å². The minimum absolute atomic E-state index is 0.106. The number of carbonyl (C=O) groups excluding carboxylic acids is 1. The van der Waals surface area contributed by atoms with E-state index in [1.807, 2.05) is 25.1 Å². The van der Waals surface area contributed by atoms with Crippen molar-refractivity contribution in [3.05, 3.63) is 41.7 Å². The van der Waals surface area contributed by atoms with Gasteiger partial charge in [-0.2, -0.15) is 5.10 Å². The maximum atomic E-state index is 12.6. The van der Waals surface area contributed by atoms with Crippen LogP contribution >= 0.6 is 0 Å². The third kappa shape index (κ3) is 3.45. The topological polar surface area (TPSA) is 50.2 Å². The molecule has 1 saturated heterocycles. The summed E-state index contributed by atoms with van der Waals surface area (Å²) in [5.74, 6) is 0.203. The van der Waals surface area contributed by atoms with Crippen molar-refractivity contribution in [2.45, 2.75) is 46.1 Å². The van der Waals surface area contributed by atoms with Crippen LogP contribution in [0.2, 0.25) is 0 Å². The summed E-state index contributed by atoms with van der Waals surface area (Å²) in [7, 11) is 0. The number of hydrogen-bond donors (Lipinski definition) is 1. The molecule has 5 nitrogen and oxygen atoms in total. The normalized spacial score (nSPS) is 14.4. The summed E-state index contributed by atoms with van der Waals surface area (Å²) in [6, 6.07) is 10.0. The molecule has 2 heterocycles. The summed E-state index contributed by atoms with van der Waals surface area (Å²) in [5, 5.41) is 7.49. The molecule has 5 heteroatoms. The Labute approximate surface area is 143 Å². The standard InChI is InChI=1S/C19H26N4O/c1-4-23-18(13-17(21-23)14(2)3)19(24)20-15-7-9-16(10-8-15)22-11-5-6-12-22/h7-10,13-14H,4-6,11-12H2,1-3H3,(H,20,24). The van der Waals surface area contributed by atoms with E-state index in [9.17, 15) is 4.79 Å². The average Bonchev–Trinajstić information content (AvgIpc) is 3.25. The van der Waals surface area contributed by atoms with E-state index in [0.29, 0.717) is 18.2 Å². The van der Waals surface area contributed by atoms with Gasteiger partial charge >= 0.3 is 0 Å². The second kappa shape index (κ2) is 7.07. The molecule has 1 fully saturated rings. The van der Waals surface area contributed by atoms with Gasteiger partial charge in [-0.05, 0) is 56.0 Å². The van der Waals surface area contributed by atoms with E-state index in [2.05, 4.69) is 41.3 Å². The molecule has 0 bridgehead atoms. The first-order valence-electron chi connectivity index (χ1n) is 8.82. The molecule has 24 heavy (non-hydrogen) atoms. The molecule has 2 aromatic rings. The van der Waals surface area contributed by atoms with Crippen LogP contribution in [0.3, 0.4) is 0 Å². The quantitative estimate of drug-likeness (QED) is 0.907. The van der Waals surface area contributed by atoms with E-state index >= 15 is 0 Å². The number of aromatic nitrogens is 2. The molecule has 1 amide bonds. The molecule has 1 aliphatic rings. The predicted octanol–water partition coefficient (Wildman–Crippen LogP) is 3.88. The summed E-state index contributed by atoms with van der Waals surface area (Å²) in [6.45, 7) is 9.10. The van der Waals surface area contributed by atoms with Crippen LogP contribution in [0.15, 0.2) is 30.3 Å². The van der Waals surface area contributed by atoms with Crippen LogP contribution in [0.5, 0.6) is 0 Å². The minimum atomic E-state index is -0.106. The number of rotatable bonds is 5. The van der Waals surface area contributed by atoms with Crippen molar-refractivity contribution in [1.29, 1.82) is 0 Å². The number of anilines is 2. The Morgan fingerprint density at radius 1 is 1.21 bits per heavy atom. The fourth-order valence-electron chi connectivity index (χ4n) is 3.07. The summed E-state index contributed by atoms with van der Waals surface area (Å²) < 4.78 is 1.77. The summed E-state index contributed by atoms with van der Waals surface area (Å²) in [5.41, 5.74) is 3.61. The Bertz CT molecular complexity index is 697. The van der Waals surface area contributed by atoms with Crippen molar-refractivity contribution in [2.24, 2.45) is 0 Å². The van der Waals surface area contributed by atoms with Gasteiger partial charge in [0.2, 0.25) is 0 Å². The molecular formula is C19H26N4O. The van der Waals surface area contributed by atoms with Crippen molar-refractivity contribution in [1.82, 2.24) is 9.78 Å². The van der Waals surface area contributed by atoms with Gasteiger partial charge in [-0.1, -0.05) is 13.8 Å². The Kier molecular flexibility index (Phi) is 4.88. The largest absolute Gasteiger partial charge is 0.372 e. The lowest BCUT2D eigenvalue weighted by molar-refractivity contribution is 0.101. The van der Waals surface area contributed by atoms with Crippen LogP contribution in [0, 0.1) is 0 Å². The van der Waals surface area contributed by atoms with Crippen molar-refractivity contribution in [3.63, 3.8) is 0 Å². The zero-order valence-corrected chi connectivity index (χ0v) is 14.7. The highest BCUT2D eigenvalue weighted by Gasteiger charge is 2.17. The summed E-state index contributed by atoms with van der Waals surface area (Å²) >= 11 is 0. The van der Waals surface area contributed by atoms with Crippen LogP contribution in [-0.4, -0.2) is 28.8 Å². The number of nitrogens with one attached hydrogen (secondary N) is 1. The lowest BCUT2D eigenvalue weighted by atomic mass is 10.1. The summed E-state index contributed by atoms with van der Waals surface area (Å²) in [4.78, 5) is 15.0. The van der Waals surface area contributed by atoms with E-state index in [-0.39, 0.29) is 5.91 Å². The van der Waals surface area contributed by atoms with Crippen LogP contribution in [-0.2, 0) is 6.54 Å². The van der Waals surface area contributed by atoms with Crippen molar-refractivity contribution >= 4 is 17.3 Å². The molecular weight excluding hydrogens is 300 g/mol. The minimum Gasteiger partial charge on any atom is -0.372 e. The Morgan fingerprint density at radius 2 is 1.88 bits per heavy atom. The van der Waals surface area contributed by atoms with Crippen LogP contribution in [0.1, 0.15) is 55.7 Å². The van der Waals surface area contributed by atoms with E-state index in [1.165, 1.54) is 18.5 Å². The highest BCUT2D eigenvalue weighted by molar-refractivity contribution is 6.03. The lowest BCUT2D eigenvalue weighted by Gasteiger charge is -2.17. The van der Waals surface area contributed by atoms with Crippen LogP contribution < -0.4 is 10.2 Å². The van der Waals surface area contributed by atoms with Gasteiger partial charge in [0, 0.05) is 31.0 Å². The number of carbonyl (C=O) groups is 1. The van der Waals surface area contributed by atoms with Crippen molar-refractivity contribution < 1.29 is 4.79 Å². The number of amides is 1. The number of aryl methyl sites for hydroxylation is 1. The Balaban J connectivity index is 1.72. The van der Waals surface area contributed by atoms with Crippen LogP contribution in [0.4, 0.5) is 11.4 Å². The fraction of sp³-hybridized carbons (Fsp3) is 0.474. The Morgan fingerprint density at radius 3 is 2.46 bits per heavy atom. The first-order valence-corrected chi connectivity index (χ1v) is 8.82. The molecule has 0 saturated carbocycles. The maximum absolute atomic E-state index is 12.6. The smallest absolute Gasteiger partial charge is 0.273 e. The third-order valence-electron chi connectivity index (χ3n) is 4.52. The van der Waals surface area contributed by atoms with Crippen molar-refractivity contribution in [2.75, 3.05) is 23.3 Å². The number of benzene rings is 1. The average molecular weight is 326 g/mol. The van der Waals surface area contributed by atoms with E-state index in [1.54, 1.807) is 4.68 Å². The first-order chi connectivity index (χ1) is 11.6. The van der Waals surface area contributed by atoms with Crippen LogP contribution in [0.25, 0.3) is 0 Å². The van der Waals surface area contributed by atoms with Crippen molar-refractivity contribution in [3.8, 4) is 0 Å². The molecule has 1 aromatic carbocycles. The fourth-order valence-corrected chi connectivity index (χ4v) is 3.07. The predicted molar refractivity (Wildman–Crippen MR) is 97.8 cm³/mol. The van der Waals surface area contributed by atoms with E-state index in [0.717, 1.165) is 24.5 Å². The molecule has 3 rings (SSSR count). The number of hydrogen-bond acceptors (Lipinski definition) is 3. The van der Waals surface area contributed by atoms with Gasteiger partial charge in [-0.15, -0.1) is 0 Å². The molecule has 0 spiro atoms. The monoisotopic (exact) mass is 326 g/mol. The van der Waals surface area contributed by atoms with E-state index in [4.69, 9.17) is 0 Å². The molecule has 128 valence electrons. The number of nitrogens with zero attached hydrogens (tertiary/aromatic N) is 3. The molecule has 1 aromatic heterocycles. The highest BCUT2D eigenvalue weighted by atomic mass is 16.2. The molecule has 0 radical (unpaired) electrons. The third-order valence-corrected chi connectivity index (χ3v) is 4.52. The van der Waals surface area contributed by atoms with E-state index < -0.39 is 0 Å². The van der Waals surface area contributed by atoms with Gasteiger partial charge in [0.15, 0.2) is 0 Å². The van der Waals surface area contributed by atoms with Gasteiger partial charge < -0.3 is 10.2 Å². The second-order valence-electron chi connectivity index (χ2n) is 6.62. The first kappa shape index (κ1) is 16.6. The Hall–Kier alpha value is -2.30. The molecule has 0 unspecified atom stereocenters. The van der Waals surface area contributed by atoms with Gasteiger partial charge in [-0.25, -0.2) is 0 Å². The molecule has 1 aliphatic heterocycles. The highest BCUT2D eigenvalue weighted by Crippen LogP contribution is 2.22. The van der Waals surface area contributed by atoms with Gasteiger partial charge in [0.05, 0.1) is 5.69 Å². The molecule has 0 atom stereocenters. The lowest BCUT2D eigenvalue weighted by Crippen LogP contribution is -2.18. The van der Waals surface area contributed by atoms with Gasteiger partial charge in [0.25, 0.3) is 5.91 Å². The summed E-state index contributed by atoms with van der Waals surface area (Å²) in [6.07, 6.45) is 2.52. The molecule has 0 aliphatic carbocycles. The van der Waals surface area contributed by atoms with Gasteiger partial charge in [-0.3, -0.25) is 9.48 Å². The SMILES string of the molecule is CCn1nc(C(C)C)cc1C(=O)Nc1ccc(N2CCCC2)cc1. The second-order valence-corrected chi connectivity index (χ2v) is 6.62. The maximum Gasteiger partial charge on any atom is 0.273 e.